The van der Waals surface area contributed by atoms with E-state index in [1.54, 1.807) is 4.68 Å². The van der Waals surface area contributed by atoms with Gasteiger partial charge in [0.25, 0.3) is 0 Å². The number of aliphatic hydroxyl groups excluding tert-OH is 1. The van der Waals surface area contributed by atoms with Crippen LogP contribution in [0.25, 0.3) is 0 Å². The number of hydrazone groups is 1. The molecule has 0 amide bonds. The number of anilines is 1. The summed E-state index contributed by atoms with van der Waals surface area (Å²) in [6.07, 6.45) is 3.85. The van der Waals surface area contributed by atoms with Crippen LogP contribution >= 0.6 is 0 Å². The SMILES string of the molecule is OC1CCCC2C1=NNc1ncnn12. The van der Waals surface area contributed by atoms with Crippen molar-refractivity contribution in [2.45, 2.75) is 31.4 Å². The Balaban J connectivity index is 2.03. The summed E-state index contributed by atoms with van der Waals surface area (Å²) in [6, 6.07) is 0.0949. The molecular formula is C8H11N5O. The van der Waals surface area contributed by atoms with Crippen molar-refractivity contribution in [1.82, 2.24) is 14.8 Å². The molecule has 2 aliphatic rings. The summed E-state index contributed by atoms with van der Waals surface area (Å²) >= 11 is 0. The lowest BCUT2D eigenvalue weighted by Crippen LogP contribution is -2.38. The highest BCUT2D eigenvalue weighted by Gasteiger charge is 2.33. The maximum Gasteiger partial charge on any atom is 0.242 e. The maximum absolute atomic E-state index is 9.74. The highest BCUT2D eigenvalue weighted by Crippen LogP contribution is 2.30. The summed E-state index contributed by atoms with van der Waals surface area (Å²) < 4.78 is 1.80. The Hall–Kier alpha value is -1.43. The van der Waals surface area contributed by atoms with Gasteiger partial charge in [-0.25, -0.2) is 10.1 Å². The highest BCUT2D eigenvalue weighted by molar-refractivity contribution is 5.94. The van der Waals surface area contributed by atoms with Crippen molar-refractivity contribution in [3.63, 3.8) is 0 Å². The van der Waals surface area contributed by atoms with Gasteiger partial charge in [-0.15, -0.1) is 0 Å². The molecule has 2 N–H and O–H groups in total. The van der Waals surface area contributed by atoms with Crippen molar-refractivity contribution < 1.29 is 5.11 Å². The standard InChI is InChI=1S/C8H11N5O/c14-6-3-1-2-5-7(6)11-12-8-9-4-10-13(5)8/h4-6,14H,1-3H2,(H,9,10,12). The van der Waals surface area contributed by atoms with E-state index in [1.165, 1.54) is 6.33 Å². The van der Waals surface area contributed by atoms with Crippen LogP contribution in [0.5, 0.6) is 0 Å². The number of fused-ring (bicyclic) bond motifs is 3. The minimum atomic E-state index is -0.432. The Labute approximate surface area is 80.6 Å². The summed E-state index contributed by atoms with van der Waals surface area (Å²) in [6.45, 7) is 0. The number of rotatable bonds is 0. The second-order valence-corrected chi connectivity index (χ2v) is 3.64. The molecule has 0 saturated heterocycles. The zero-order valence-corrected chi connectivity index (χ0v) is 7.59. The minimum Gasteiger partial charge on any atom is -0.387 e. The van der Waals surface area contributed by atoms with Crippen molar-refractivity contribution in [3.05, 3.63) is 6.33 Å². The van der Waals surface area contributed by atoms with Gasteiger partial charge in [0.2, 0.25) is 5.95 Å². The fraction of sp³-hybridized carbons (Fsp3) is 0.625. The average Bonchev–Trinajstić information content (AvgIpc) is 2.66. The second-order valence-electron chi connectivity index (χ2n) is 3.64. The Morgan fingerprint density at radius 1 is 1.50 bits per heavy atom. The van der Waals surface area contributed by atoms with Gasteiger partial charge in [0, 0.05) is 0 Å². The molecule has 1 aliphatic carbocycles. The largest absolute Gasteiger partial charge is 0.387 e. The van der Waals surface area contributed by atoms with Crippen molar-refractivity contribution in [3.8, 4) is 0 Å². The minimum absolute atomic E-state index is 0.0949. The summed E-state index contributed by atoms with van der Waals surface area (Å²) in [5, 5.41) is 18.0. The molecule has 2 heterocycles. The Bertz CT molecular complexity index is 385. The van der Waals surface area contributed by atoms with Gasteiger partial charge in [-0.3, -0.25) is 0 Å². The van der Waals surface area contributed by atoms with Crippen LogP contribution in [0.1, 0.15) is 25.3 Å². The van der Waals surface area contributed by atoms with Gasteiger partial charge in [-0.05, 0) is 19.3 Å². The number of aliphatic hydroxyl groups is 1. The molecular weight excluding hydrogens is 182 g/mol. The van der Waals surface area contributed by atoms with Crippen LogP contribution in [-0.2, 0) is 0 Å². The fourth-order valence-corrected chi connectivity index (χ4v) is 2.09. The van der Waals surface area contributed by atoms with E-state index < -0.39 is 6.10 Å². The van der Waals surface area contributed by atoms with E-state index >= 15 is 0 Å². The number of nitrogens with zero attached hydrogens (tertiary/aromatic N) is 4. The lowest BCUT2D eigenvalue weighted by molar-refractivity contribution is 0.200. The number of nitrogens with one attached hydrogen (secondary N) is 1. The van der Waals surface area contributed by atoms with E-state index in [1.807, 2.05) is 0 Å². The highest BCUT2D eigenvalue weighted by atomic mass is 16.3. The molecule has 0 radical (unpaired) electrons. The summed E-state index contributed by atoms with van der Waals surface area (Å²) in [7, 11) is 0. The average molecular weight is 193 g/mol. The van der Waals surface area contributed by atoms with Crippen LogP contribution in [0.4, 0.5) is 5.95 Å². The van der Waals surface area contributed by atoms with E-state index in [0.29, 0.717) is 5.95 Å². The van der Waals surface area contributed by atoms with Gasteiger partial charge in [-0.1, -0.05) is 0 Å². The Kier molecular flexibility index (Phi) is 1.57. The molecule has 0 aromatic carbocycles. The van der Waals surface area contributed by atoms with E-state index in [-0.39, 0.29) is 6.04 Å². The monoisotopic (exact) mass is 193 g/mol. The van der Waals surface area contributed by atoms with Gasteiger partial charge in [0.1, 0.15) is 6.33 Å². The van der Waals surface area contributed by atoms with Crippen LogP contribution in [0, 0.1) is 0 Å². The van der Waals surface area contributed by atoms with Crippen LogP contribution in [0.2, 0.25) is 0 Å². The summed E-state index contributed by atoms with van der Waals surface area (Å²) in [5.41, 5.74) is 3.58. The van der Waals surface area contributed by atoms with E-state index in [9.17, 15) is 5.11 Å². The van der Waals surface area contributed by atoms with Crippen molar-refractivity contribution in [2.75, 3.05) is 5.43 Å². The molecule has 14 heavy (non-hydrogen) atoms. The lowest BCUT2D eigenvalue weighted by Gasteiger charge is -2.31. The first-order valence-corrected chi connectivity index (χ1v) is 4.77. The first-order valence-electron chi connectivity index (χ1n) is 4.77. The molecule has 1 saturated carbocycles. The molecule has 6 nitrogen and oxygen atoms in total. The third-order valence-electron chi connectivity index (χ3n) is 2.79. The molecule has 1 aromatic rings. The zero-order chi connectivity index (χ0) is 9.54. The smallest absolute Gasteiger partial charge is 0.242 e. The van der Waals surface area contributed by atoms with E-state index in [4.69, 9.17) is 0 Å². The normalized spacial score (nSPS) is 29.9. The summed E-state index contributed by atoms with van der Waals surface area (Å²) in [4.78, 5) is 4.02. The summed E-state index contributed by atoms with van der Waals surface area (Å²) in [5.74, 6) is 0.660. The molecule has 1 aromatic heterocycles. The van der Waals surface area contributed by atoms with E-state index in [2.05, 4.69) is 20.6 Å². The van der Waals surface area contributed by atoms with E-state index in [0.717, 1.165) is 25.0 Å². The molecule has 1 aliphatic heterocycles. The Morgan fingerprint density at radius 2 is 2.43 bits per heavy atom. The zero-order valence-electron chi connectivity index (χ0n) is 7.59. The predicted octanol–water partition coefficient (Wildman–Crippen LogP) is 0.145. The van der Waals surface area contributed by atoms with Crippen LogP contribution < -0.4 is 5.43 Å². The number of hydrogen-bond donors (Lipinski definition) is 2. The lowest BCUT2D eigenvalue weighted by atomic mass is 9.90. The molecule has 2 unspecified atom stereocenters. The van der Waals surface area contributed by atoms with Gasteiger partial charge in [-0.2, -0.15) is 15.2 Å². The number of aromatic nitrogens is 3. The first kappa shape index (κ1) is 7.93. The fourth-order valence-electron chi connectivity index (χ4n) is 2.09. The van der Waals surface area contributed by atoms with Crippen molar-refractivity contribution in [1.29, 1.82) is 0 Å². The van der Waals surface area contributed by atoms with Crippen LogP contribution in [0.15, 0.2) is 11.4 Å². The molecule has 3 rings (SSSR count). The predicted molar refractivity (Wildman–Crippen MR) is 50.0 cm³/mol. The van der Waals surface area contributed by atoms with Crippen molar-refractivity contribution in [2.24, 2.45) is 5.10 Å². The van der Waals surface area contributed by atoms with Crippen LogP contribution in [-0.4, -0.2) is 31.7 Å². The molecule has 74 valence electrons. The first-order chi connectivity index (χ1) is 6.86. The second kappa shape index (κ2) is 2.78. The van der Waals surface area contributed by atoms with Gasteiger partial charge in [0.05, 0.1) is 17.9 Å². The molecule has 1 fully saturated rings. The van der Waals surface area contributed by atoms with Gasteiger partial charge < -0.3 is 5.11 Å². The number of hydrogen-bond acceptors (Lipinski definition) is 5. The molecule has 2 atom stereocenters. The molecule has 6 heteroatoms. The maximum atomic E-state index is 9.74. The molecule has 0 bridgehead atoms. The van der Waals surface area contributed by atoms with Crippen molar-refractivity contribution >= 4 is 11.7 Å². The quantitative estimate of drug-likeness (QED) is 0.614. The third-order valence-corrected chi connectivity index (χ3v) is 2.79. The van der Waals surface area contributed by atoms with Gasteiger partial charge >= 0.3 is 0 Å². The van der Waals surface area contributed by atoms with Crippen LogP contribution in [0.3, 0.4) is 0 Å². The van der Waals surface area contributed by atoms with Gasteiger partial charge in [0.15, 0.2) is 0 Å². The topological polar surface area (TPSA) is 75.3 Å². The third kappa shape index (κ3) is 0.971. The molecule has 0 spiro atoms. The Morgan fingerprint density at radius 3 is 3.36 bits per heavy atom.